The van der Waals surface area contributed by atoms with Gasteiger partial charge < -0.3 is 16.4 Å². The van der Waals surface area contributed by atoms with Crippen LogP contribution in [0, 0.1) is 11.7 Å². The molecule has 138 valence electrons. The second kappa shape index (κ2) is 8.38. The minimum atomic E-state index is -0.817. The molecular formula is C18H18Cl2FN3O2. The zero-order chi connectivity index (χ0) is 19.4. The first-order valence-corrected chi connectivity index (χ1v) is 8.56. The first-order chi connectivity index (χ1) is 12.2. The van der Waals surface area contributed by atoms with Gasteiger partial charge in [0, 0.05) is 11.3 Å². The topological polar surface area (TPSA) is 84.2 Å². The number of carbonyl (C=O) groups is 2. The molecule has 0 spiro atoms. The molecule has 2 aromatic rings. The fraction of sp³-hybridized carbons (Fsp3) is 0.222. The summed E-state index contributed by atoms with van der Waals surface area (Å²) in [5, 5.41) is 5.73. The van der Waals surface area contributed by atoms with Gasteiger partial charge in [-0.15, -0.1) is 0 Å². The second-order valence-corrected chi connectivity index (χ2v) is 6.86. The Kier molecular flexibility index (Phi) is 6.45. The van der Waals surface area contributed by atoms with Crippen LogP contribution < -0.4 is 16.4 Å². The lowest BCUT2D eigenvalue weighted by molar-refractivity contribution is -0.118. The molecular weight excluding hydrogens is 380 g/mol. The van der Waals surface area contributed by atoms with Gasteiger partial charge in [-0.1, -0.05) is 37.0 Å². The summed E-state index contributed by atoms with van der Waals surface area (Å²) in [5.41, 5.74) is 6.50. The van der Waals surface area contributed by atoms with E-state index in [0.29, 0.717) is 5.69 Å². The van der Waals surface area contributed by atoms with Crippen molar-refractivity contribution in [1.29, 1.82) is 0 Å². The van der Waals surface area contributed by atoms with Gasteiger partial charge in [0.05, 0.1) is 15.7 Å². The molecule has 0 radical (unpaired) electrons. The largest absolute Gasteiger partial charge is 0.396 e. The van der Waals surface area contributed by atoms with E-state index in [0.717, 1.165) is 0 Å². The molecule has 0 aliphatic heterocycles. The molecule has 0 aliphatic rings. The molecule has 4 N–H and O–H groups in total. The van der Waals surface area contributed by atoms with Crippen LogP contribution in [0.25, 0.3) is 0 Å². The Hall–Kier alpha value is -2.31. The third kappa shape index (κ3) is 4.86. The molecule has 8 heteroatoms. The molecule has 0 bridgehead atoms. The van der Waals surface area contributed by atoms with Crippen LogP contribution in [0.1, 0.15) is 24.2 Å². The normalized spacial score (nSPS) is 11.9. The molecule has 0 fully saturated rings. The van der Waals surface area contributed by atoms with Crippen LogP contribution in [-0.4, -0.2) is 17.9 Å². The number of halogens is 3. The Morgan fingerprint density at radius 1 is 1.08 bits per heavy atom. The number of amides is 2. The Morgan fingerprint density at radius 2 is 1.62 bits per heavy atom. The van der Waals surface area contributed by atoms with E-state index in [4.69, 9.17) is 28.9 Å². The number of carbonyl (C=O) groups excluding carboxylic acids is 2. The monoisotopic (exact) mass is 397 g/mol. The van der Waals surface area contributed by atoms with Gasteiger partial charge in [0.1, 0.15) is 11.9 Å². The summed E-state index contributed by atoms with van der Waals surface area (Å²) in [5.74, 6) is -1.56. The number of nitrogens with two attached hydrogens (primary N) is 1. The second-order valence-electron chi connectivity index (χ2n) is 6.04. The fourth-order valence-corrected chi connectivity index (χ4v) is 2.72. The molecule has 0 aromatic heterocycles. The number of hydrogen-bond acceptors (Lipinski definition) is 3. The lowest BCUT2D eigenvalue weighted by Gasteiger charge is -2.22. The number of benzene rings is 2. The van der Waals surface area contributed by atoms with Gasteiger partial charge in [-0.25, -0.2) is 4.39 Å². The van der Waals surface area contributed by atoms with Crippen molar-refractivity contribution in [2.45, 2.75) is 19.9 Å². The molecule has 1 atom stereocenters. The SMILES string of the molecule is CC(C)[C@H](NC(=O)c1ccc(F)cc1)C(=O)Nc1cc(Cl)c(N)c(Cl)c1. The highest BCUT2D eigenvalue weighted by Gasteiger charge is 2.25. The van der Waals surface area contributed by atoms with Crippen LogP contribution >= 0.6 is 23.2 Å². The summed E-state index contributed by atoms with van der Waals surface area (Å²) < 4.78 is 13.0. The highest BCUT2D eigenvalue weighted by atomic mass is 35.5. The maximum Gasteiger partial charge on any atom is 0.251 e. The highest BCUT2D eigenvalue weighted by Crippen LogP contribution is 2.31. The predicted octanol–water partition coefficient (Wildman–Crippen LogP) is 4.11. The molecule has 0 unspecified atom stereocenters. The lowest BCUT2D eigenvalue weighted by atomic mass is 10.0. The average molecular weight is 398 g/mol. The van der Waals surface area contributed by atoms with Gasteiger partial charge >= 0.3 is 0 Å². The van der Waals surface area contributed by atoms with Crippen LogP contribution in [0.2, 0.25) is 10.0 Å². The number of nitrogens with one attached hydrogen (secondary N) is 2. The third-order valence-corrected chi connectivity index (χ3v) is 4.31. The minimum absolute atomic E-state index is 0.195. The molecule has 2 amide bonds. The average Bonchev–Trinajstić information content (AvgIpc) is 2.57. The molecule has 2 aromatic carbocycles. The van der Waals surface area contributed by atoms with Crippen molar-refractivity contribution in [1.82, 2.24) is 5.32 Å². The maximum absolute atomic E-state index is 13.0. The van der Waals surface area contributed by atoms with Gasteiger partial charge in [-0.2, -0.15) is 0 Å². The van der Waals surface area contributed by atoms with E-state index in [1.807, 2.05) is 0 Å². The van der Waals surface area contributed by atoms with Gasteiger partial charge in [-0.05, 0) is 42.3 Å². The summed E-state index contributed by atoms with van der Waals surface area (Å²) in [6.45, 7) is 3.58. The van der Waals surface area contributed by atoms with Crippen LogP contribution in [0.5, 0.6) is 0 Å². The first kappa shape index (κ1) is 20.0. The lowest BCUT2D eigenvalue weighted by Crippen LogP contribution is -2.47. The van der Waals surface area contributed by atoms with Gasteiger partial charge in [-0.3, -0.25) is 9.59 Å². The number of anilines is 2. The number of hydrogen-bond donors (Lipinski definition) is 3. The van der Waals surface area contributed by atoms with Gasteiger partial charge in [0.15, 0.2) is 0 Å². The van der Waals surface area contributed by atoms with Crippen LogP contribution in [0.15, 0.2) is 36.4 Å². The molecule has 0 aliphatic carbocycles. The molecule has 0 saturated carbocycles. The smallest absolute Gasteiger partial charge is 0.251 e. The van der Waals surface area contributed by atoms with Crippen LogP contribution in [-0.2, 0) is 4.79 Å². The summed E-state index contributed by atoms with van der Waals surface area (Å²) in [7, 11) is 0. The Bertz CT molecular complexity index is 803. The Labute approximate surface area is 160 Å². The van der Waals surface area contributed by atoms with Gasteiger partial charge in [0.25, 0.3) is 5.91 Å². The van der Waals surface area contributed by atoms with Crippen molar-refractivity contribution >= 4 is 46.4 Å². The van der Waals surface area contributed by atoms with E-state index >= 15 is 0 Å². The van der Waals surface area contributed by atoms with E-state index in [1.54, 1.807) is 13.8 Å². The summed E-state index contributed by atoms with van der Waals surface area (Å²) in [6, 6.07) is 7.18. The molecule has 5 nitrogen and oxygen atoms in total. The Balaban J connectivity index is 2.14. The van der Waals surface area contributed by atoms with Crippen LogP contribution in [0.3, 0.4) is 0 Å². The molecule has 0 saturated heterocycles. The van der Waals surface area contributed by atoms with Crippen molar-refractivity contribution in [2.75, 3.05) is 11.1 Å². The van der Waals surface area contributed by atoms with Crippen molar-refractivity contribution in [3.63, 3.8) is 0 Å². The van der Waals surface area contributed by atoms with E-state index in [2.05, 4.69) is 10.6 Å². The zero-order valence-electron chi connectivity index (χ0n) is 14.1. The quantitative estimate of drug-likeness (QED) is 0.663. The van der Waals surface area contributed by atoms with Crippen molar-refractivity contribution < 1.29 is 14.0 Å². The fourth-order valence-electron chi connectivity index (χ4n) is 2.24. The van der Waals surface area contributed by atoms with Crippen molar-refractivity contribution in [3.05, 3.63) is 57.8 Å². The van der Waals surface area contributed by atoms with E-state index in [1.165, 1.54) is 36.4 Å². The van der Waals surface area contributed by atoms with Crippen molar-refractivity contribution in [2.24, 2.45) is 5.92 Å². The van der Waals surface area contributed by atoms with E-state index < -0.39 is 23.7 Å². The summed E-state index contributed by atoms with van der Waals surface area (Å²) in [6.07, 6.45) is 0. The molecule has 2 rings (SSSR count). The van der Waals surface area contributed by atoms with Crippen molar-refractivity contribution in [3.8, 4) is 0 Å². The van der Waals surface area contributed by atoms with E-state index in [-0.39, 0.29) is 27.2 Å². The Morgan fingerprint density at radius 3 is 2.12 bits per heavy atom. The summed E-state index contributed by atoms with van der Waals surface area (Å²) >= 11 is 11.9. The molecule has 26 heavy (non-hydrogen) atoms. The highest BCUT2D eigenvalue weighted by molar-refractivity contribution is 6.39. The number of rotatable bonds is 5. The van der Waals surface area contributed by atoms with Gasteiger partial charge in [0.2, 0.25) is 5.91 Å². The zero-order valence-corrected chi connectivity index (χ0v) is 15.7. The first-order valence-electron chi connectivity index (χ1n) is 7.81. The predicted molar refractivity (Wildman–Crippen MR) is 102 cm³/mol. The third-order valence-electron chi connectivity index (χ3n) is 3.69. The summed E-state index contributed by atoms with van der Waals surface area (Å²) in [4.78, 5) is 24.9. The number of nitrogen functional groups attached to an aromatic ring is 1. The molecule has 0 heterocycles. The van der Waals surface area contributed by atoms with E-state index in [9.17, 15) is 14.0 Å². The standard InChI is InChI=1S/C18H18Cl2FN3O2/c1-9(2)16(24-17(25)10-3-5-11(21)6-4-10)18(26)23-12-7-13(19)15(22)14(20)8-12/h3-9,16H,22H2,1-2H3,(H,23,26)(H,24,25)/t16-/m0/s1. The van der Waals surface area contributed by atoms with Crippen LogP contribution in [0.4, 0.5) is 15.8 Å². The minimum Gasteiger partial charge on any atom is -0.396 e. The maximum atomic E-state index is 13.0.